The van der Waals surface area contributed by atoms with Crippen LogP contribution >= 0.6 is 0 Å². The van der Waals surface area contributed by atoms with E-state index in [0.717, 1.165) is 17.8 Å². The zero-order chi connectivity index (χ0) is 14.0. The number of anilines is 3. The lowest BCUT2D eigenvalue weighted by Gasteiger charge is -2.11. The number of ether oxygens (including phenoxy) is 1. The molecule has 2 rings (SSSR count). The van der Waals surface area contributed by atoms with E-state index in [-0.39, 0.29) is 5.75 Å². The molecule has 1 aromatic heterocycles. The molecule has 2 aromatic rings. The highest BCUT2D eigenvalue weighted by atomic mass is 19.1. The molecule has 0 atom stereocenters. The van der Waals surface area contributed by atoms with Crippen LogP contribution in [0.3, 0.4) is 0 Å². The molecular weight excluding hydrogens is 247 g/mol. The second kappa shape index (κ2) is 5.17. The highest BCUT2D eigenvalue weighted by molar-refractivity contribution is 5.74. The van der Waals surface area contributed by atoms with Gasteiger partial charge < -0.3 is 15.8 Å². The molecule has 0 amide bonds. The number of nitrogen functional groups attached to an aromatic ring is 1. The van der Waals surface area contributed by atoms with Gasteiger partial charge in [-0.1, -0.05) is 6.92 Å². The summed E-state index contributed by atoms with van der Waals surface area (Å²) in [5.41, 5.74) is 8.50. The third-order valence-electron chi connectivity index (χ3n) is 2.83. The van der Waals surface area contributed by atoms with E-state index in [1.54, 1.807) is 4.68 Å². The summed E-state index contributed by atoms with van der Waals surface area (Å²) in [6.07, 6.45) is 2.65. The second-order valence-electron chi connectivity index (χ2n) is 4.22. The van der Waals surface area contributed by atoms with Crippen molar-refractivity contribution in [2.24, 2.45) is 7.05 Å². The van der Waals surface area contributed by atoms with E-state index in [2.05, 4.69) is 10.4 Å². The highest BCUT2D eigenvalue weighted by Crippen LogP contribution is 2.31. The molecule has 0 saturated carbocycles. The standard InChI is InChI=1S/C13H17FN4O/c1-4-10-12(7-18(2)17-10)16-11-6-13(19-3)8(14)5-9(11)15/h5-7,16H,4,15H2,1-3H3. The first-order valence-corrected chi connectivity index (χ1v) is 5.97. The average molecular weight is 264 g/mol. The first kappa shape index (κ1) is 13.2. The van der Waals surface area contributed by atoms with E-state index in [1.165, 1.54) is 19.2 Å². The fourth-order valence-electron chi connectivity index (χ4n) is 1.88. The smallest absolute Gasteiger partial charge is 0.167 e. The summed E-state index contributed by atoms with van der Waals surface area (Å²) in [4.78, 5) is 0. The number of halogens is 1. The lowest BCUT2D eigenvalue weighted by molar-refractivity contribution is 0.387. The Kier molecular flexibility index (Phi) is 3.59. The molecule has 3 N–H and O–H groups in total. The minimum absolute atomic E-state index is 0.152. The van der Waals surface area contributed by atoms with Crippen molar-refractivity contribution < 1.29 is 9.13 Å². The van der Waals surface area contributed by atoms with Gasteiger partial charge in [0.25, 0.3) is 0 Å². The number of rotatable bonds is 4. The van der Waals surface area contributed by atoms with Gasteiger partial charge in [0.15, 0.2) is 11.6 Å². The first-order chi connectivity index (χ1) is 9.05. The van der Waals surface area contributed by atoms with Crippen molar-refractivity contribution in [2.75, 3.05) is 18.2 Å². The number of hydrogen-bond donors (Lipinski definition) is 2. The number of methoxy groups -OCH3 is 1. The molecule has 0 bridgehead atoms. The number of aromatic nitrogens is 2. The fourth-order valence-corrected chi connectivity index (χ4v) is 1.88. The van der Waals surface area contributed by atoms with Crippen molar-refractivity contribution in [3.8, 4) is 5.75 Å². The normalized spacial score (nSPS) is 10.5. The summed E-state index contributed by atoms with van der Waals surface area (Å²) in [5, 5.41) is 7.48. The van der Waals surface area contributed by atoms with Gasteiger partial charge in [-0.3, -0.25) is 4.68 Å². The Bertz CT molecular complexity index is 595. The van der Waals surface area contributed by atoms with Gasteiger partial charge in [0.2, 0.25) is 0 Å². The molecule has 0 spiro atoms. The number of hydrogen-bond acceptors (Lipinski definition) is 4. The largest absolute Gasteiger partial charge is 0.494 e. The van der Waals surface area contributed by atoms with Gasteiger partial charge in [-0.05, 0) is 6.42 Å². The monoisotopic (exact) mass is 264 g/mol. The van der Waals surface area contributed by atoms with E-state index in [9.17, 15) is 4.39 Å². The van der Waals surface area contributed by atoms with Crippen LogP contribution in [-0.2, 0) is 13.5 Å². The molecule has 0 aliphatic heterocycles. The van der Waals surface area contributed by atoms with E-state index >= 15 is 0 Å². The molecule has 0 aliphatic carbocycles. The van der Waals surface area contributed by atoms with Crippen molar-refractivity contribution in [3.05, 3.63) is 29.8 Å². The molecule has 102 valence electrons. The maximum absolute atomic E-state index is 13.5. The molecule has 19 heavy (non-hydrogen) atoms. The maximum atomic E-state index is 13.5. The van der Waals surface area contributed by atoms with Crippen LogP contribution < -0.4 is 15.8 Å². The van der Waals surface area contributed by atoms with Crippen LogP contribution in [0.5, 0.6) is 5.75 Å². The molecular formula is C13H17FN4O. The molecule has 1 aromatic carbocycles. The molecule has 0 saturated heterocycles. The van der Waals surface area contributed by atoms with Gasteiger partial charge in [0, 0.05) is 25.4 Å². The van der Waals surface area contributed by atoms with Crippen LogP contribution in [0, 0.1) is 5.82 Å². The number of nitrogens with one attached hydrogen (secondary N) is 1. The predicted octanol–water partition coefficient (Wildman–Crippen LogP) is 2.46. The van der Waals surface area contributed by atoms with Gasteiger partial charge in [-0.25, -0.2) is 4.39 Å². The Morgan fingerprint density at radius 3 is 2.79 bits per heavy atom. The predicted molar refractivity (Wildman–Crippen MR) is 73.2 cm³/mol. The Morgan fingerprint density at radius 2 is 2.16 bits per heavy atom. The molecule has 0 unspecified atom stereocenters. The number of nitrogens with two attached hydrogens (primary N) is 1. The van der Waals surface area contributed by atoms with Crippen molar-refractivity contribution in [1.29, 1.82) is 0 Å². The third-order valence-corrected chi connectivity index (χ3v) is 2.83. The SMILES string of the molecule is CCc1nn(C)cc1Nc1cc(OC)c(F)cc1N. The molecule has 0 fully saturated rings. The van der Waals surface area contributed by atoms with Gasteiger partial charge in [0.05, 0.1) is 29.9 Å². The number of benzene rings is 1. The lowest BCUT2D eigenvalue weighted by Crippen LogP contribution is -2.00. The van der Waals surface area contributed by atoms with Crippen LogP contribution in [-0.4, -0.2) is 16.9 Å². The van der Waals surface area contributed by atoms with Gasteiger partial charge in [-0.2, -0.15) is 5.10 Å². The van der Waals surface area contributed by atoms with E-state index in [4.69, 9.17) is 10.5 Å². The van der Waals surface area contributed by atoms with Crippen LogP contribution in [0.1, 0.15) is 12.6 Å². The Morgan fingerprint density at radius 1 is 1.42 bits per heavy atom. The summed E-state index contributed by atoms with van der Waals surface area (Å²) in [5.74, 6) is -0.328. The number of aryl methyl sites for hydroxylation is 2. The first-order valence-electron chi connectivity index (χ1n) is 5.97. The molecule has 0 radical (unpaired) electrons. The summed E-state index contributed by atoms with van der Waals surface area (Å²) in [7, 11) is 3.26. The average Bonchev–Trinajstić information content (AvgIpc) is 2.73. The fraction of sp³-hybridized carbons (Fsp3) is 0.308. The topological polar surface area (TPSA) is 65.1 Å². The molecule has 0 aliphatic rings. The van der Waals surface area contributed by atoms with Crippen LogP contribution in [0.4, 0.5) is 21.5 Å². The summed E-state index contributed by atoms with van der Waals surface area (Å²) in [6.45, 7) is 2.02. The maximum Gasteiger partial charge on any atom is 0.167 e. The Balaban J connectivity index is 2.37. The summed E-state index contributed by atoms with van der Waals surface area (Å²) in [6, 6.07) is 2.78. The Labute approximate surface area is 111 Å². The van der Waals surface area contributed by atoms with E-state index < -0.39 is 5.82 Å². The lowest BCUT2D eigenvalue weighted by atomic mass is 10.2. The minimum atomic E-state index is -0.479. The molecule has 6 heteroatoms. The summed E-state index contributed by atoms with van der Waals surface area (Å²) >= 11 is 0. The van der Waals surface area contributed by atoms with Crippen molar-refractivity contribution >= 4 is 17.1 Å². The Hall–Kier alpha value is -2.24. The number of nitrogens with zero attached hydrogens (tertiary/aromatic N) is 2. The van der Waals surface area contributed by atoms with E-state index in [0.29, 0.717) is 11.4 Å². The van der Waals surface area contributed by atoms with Crippen molar-refractivity contribution in [1.82, 2.24) is 9.78 Å². The zero-order valence-corrected chi connectivity index (χ0v) is 11.2. The second-order valence-corrected chi connectivity index (χ2v) is 4.22. The van der Waals surface area contributed by atoms with Gasteiger partial charge in [-0.15, -0.1) is 0 Å². The van der Waals surface area contributed by atoms with Crippen LogP contribution in [0.2, 0.25) is 0 Å². The van der Waals surface area contributed by atoms with Gasteiger partial charge in [0.1, 0.15) is 0 Å². The summed E-state index contributed by atoms with van der Waals surface area (Å²) < 4.78 is 20.1. The van der Waals surface area contributed by atoms with Crippen LogP contribution in [0.15, 0.2) is 18.3 Å². The van der Waals surface area contributed by atoms with E-state index in [1.807, 2.05) is 20.2 Å². The molecule has 5 nitrogen and oxygen atoms in total. The highest BCUT2D eigenvalue weighted by Gasteiger charge is 2.11. The van der Waals surface area contributed by atoms with Gasteiger partial charge >= 0.3 is 0 Å². The van der Waals surface area contributed by atoms with Crippen molar-refractivity contribution in [3.63, 3.8) is 0 Å². The molecule has 1 heterocycles. The zero-order valence-electron chi connectivity index (χ0n) is 11.2. The third kappa shape index (κ3) is 2.62. The minimum Gasteiger partial charge on any atom is -0.494 e. The van der Waals surface area contributed by atoms with Crippen LogP contribution in [0.25, 0.3) is 0 Å². The quantitative estimate of drug-likeness (QED) is 0.832. The van der Waals surface area contributed by atoms with Crippen molar-refractivity contribution in [2.45, 2.75) is 13.3 Å².